The maximum atomic E-state index is 5.77. The van der Waals surface area contributed by atoms with Crippen molar-refractivity contribution in [3.05, 3.63) is 48.2 Å². The summed E-state index contributed by atoms with van der Waals surface area (Å²) in [6, 6.07) is 11.5. The van der Waals surface area contributed by atoms with Crippen LogP contribution in [0.3, 0.4) is 0 Å². The number of rotatable bonds is 3. The van der Waals surface area contributed by atoms with Gasteiger partial charge in [-0.15, -0.1) is 0 Å². The summed E-state index contributed by atoms with van der Waals surface area (Å²) in [5.41, 5.74) is 7.47. The minimum atomic E-state index is 0.461. The fraction of sp³-hybridized carbons (Fsp3) is 0.154. The van der Waals surface area contributed by atoms with Crippen LogP contribution in [-0.2, 0) is 6.42 Å². The first-order valence-corrected chi connectivity index (χ1v) is 5.27. The second-order valence-electron chi connectivity index (χ2n) is 3.46. The lowest BCUT2D eigenvalue weighted by Gasteiger charge is -2.10. The molecule has 1 aromatic carbocycles. The number of hydrogen-bond donors (Lipinski definition) is 1. The third kappa shape index (κ3) is 2.14. The lowest BCUT2D eigenvalue weighted by atomic mass is 10.1. The van der Waals surface area contributed by atoms with E-state index in [1.54, 1.807) is 18.3 Å². The average Bonchev–Trinajstić information content (AvgIpc) is 2.33. The van der Waals surface area contributed by atoms with Crippen molar-refractivity contribution in [2.75, 3.05) is 5.73 Å². The monoisotopic (exact) mass is 214 g/mol. The molecule has 1 aromatic heterocycles. The zero-order valence-corrected chi connectivity index (χ0v) is 9.18. The minimum Gasteiger partial charge on any atom is -0.437 e. The standard InChI is InChI=1S/C13H14N2O/c1-2-10-6-3-4-8-12(10)16-13-11(14)7-5-9-15-13/h3-9H,2,14H2,1H3. The molecule has 0 saturated heterocycles. The largest absolute Gasteiger partial charge is 0.437 e. The Bertz CT molecular complexity index is 483. The van der Waals surface area contributed by atoms with E-state index in [-0.39, 0.29) is 0 Å². The molecule has 0 amide bonds. The molecule has 16 heavy (non-hydrogen) atoms. The molecule has 3 nitrogen and oxygen atoms in total. The van der Waals surface area contributed by atoms with Gasteiger partial charge in [0.05, 0.1) is 5.69 Å². The summed E-state index contributed by atoms with van der Waals surface area (Å²) in [6.45, 7) is 2.09. The number of para-hydroxylation sites is 1. The van der Waals surface area contributed by atoms with Crippen molar-refractivity contribution in [2.24, 2.45) is 0 Å². The van der Waals surface area contributed by atoms with Gasteiger partial charge in [0.2, 0.25) is 5.88 Å². The van der Waals surface area contributed by atoms with Gasteiger partial charge in [-0.05, 0) is 30.2 Å². The Morgan fingerprint density at radius 2 is 2.00 bits per heavy atom. The van der Waals surface area contributed by atoms with Gasteiger partial charge in [0.15, 0.2) is 0 Å². The molecule has 2 rings (SSSR count). The highest BCUT2D eigenvalue weighted by molar-refractivity contribution is 5.49. The fourth-order valence-electron chi connectivity index (χ4n) is 1.49. The van der Waals surface area contributed by atoms with Crippen molar-refractivity contribution >= 4 is 5.69 Å². The van der Waals surface area contributed by atoms with Gasteiger partial charge in [0, 0.05) is 6.20 Å². The Morgan fingerprint density at radius 3 is 2.75 bits per heavy atom. The second kappa shape index (κ2) is 4.66. The number of aromatic nitrogens is 1. The van der Waals surface area contributed by atoms with Crippen molar-refractivity contribution < 1.29 is 4.74 Å². The van der Waals surface area contributed by atoms with E-state index in [1.165, 1.54) is 0 Å². The highest BCUT2D eigenvalue weighted by Gasteiger charge is 2.05. The molecule has 0 unspecified atom stereocenters. The summed E-state index contributed by atoms with van der Waals surface area (Å²) < 4.78 is 5.70. The van der Waals surface area contributed by atoms with Crippen LogP contribution in [0.4, 0.5) is 5.69 Å². The first-order chi connectivity index (χ1) is 7.81. The molecule has 0 saturated carbocycles. The quantitative estimate of drug-likeness (QED) is 0.854. The summed E-state index contributed by atoms with van der Waals surface area (Å²) in [5.74, 6) is 1.28. The smallest absolute Gasteiger partial charge is 0.242 e. The van der Waals surface area contributed by atoms with Gasteiger partial charge in [0.25, 0.3) is 0 Å². The van der Waals surface area contributed by atoms with Crippen molar-refractivity contribution in [2.45, 2.75) is 13.3 Å². The average molecular weight is 214 g/mol. The van der Waals surface area contributed by atoms with Crippen LogP contribution < -0.4 is 10.5 Å². The Morgan fingerprint density at radius 1 is 1.19 bits per heavy atom. The molecule has 2 N–H and O–H groups in total. The third-order valence-electron chi connectivity index (χ3n) is 2.36. The van der Waals surface area contributed by atoms with Crippen molar-refractivity contribution in [1.29, 1.82) is 0 Å². The first-order valence-electron chi connectivity index (χ1n) is 5.27. The number of pyridine rings is 1. The van der Waals surface area contributed by atoms with Crippen LogP contribution in [0.25, 0.3) is 0 Å². The molecule has 2 aromatic rings. The summed E-state index contributed by atoms with van der Waals surface area (Å²) in [4.78, 5) is 4.10. The van der Waals surface area contributed by atoms with Gasteiger partial charge in [-0.1, -0.05) is 25.1 Å². The van der Waals surface area contributed by atoms with E-state index in [0.29, 0.717) is 11.6 Å². The molecule has 0 aliphatic rings. The zero-order valence-electron chi connectivity index (χ0n) is 9.18. The molecular formula is C13H14N2O. The Balaban J connectivity index is 2.30. The molecule has 0 radical (unpaired) electrons. The van der Waals surface area contributed by atoms with Crippen LogP contribution in [0.1, 0.15) is 12.5 Å². The van der Waals surface area contributed by atoms with Gasteiger partial charge < -0.3 is 10.5 Å². The molecular weight excluding hydrogens is 200 g/mol. The second-order valence-corrected chi connectivity index (χ2v) is 3.46. The van der Waals surface area contributed by atoms with Gasteiger partial charge in [-0.25, -0.2) is 4.98 Å². The van der Waals surface area contributed by atoms with Crippen LogP contribution in [0, 0.1) is 0 Å². The summed E-state index contributed by atoms with van der Waals surface area (Å²) in [6.07, 6.45) is 2.59. The van der Waals surface area contributed by atoms with Crippen LogP contribution in [0.15, 0.2) is 42.6 Å². The molecule has 0 aliphatic heterocycles. The third-order valence-corrected chi connectivity index (χ3v) is 2.36. The number of anilines is 1. The predicted molar refractivity (Wildman–Crippen MR) is 64.5 cm³/mol. The molecule has 82 valence electrons. The highest BCUT2D eigenvalue weighted by atomic mass is 16.5. The molecule has 0 fully saturated rings. The van der Waals surface area contributed by atoms with Gasteiger partial charge in [-0.3, -0.25) is 0 Å². The van der Waals surface area contributed by atoms with E-state index in [9.17, 15) is 0 Å². The molecule has 0 bridgehead atoms. The minimum absolute atomic E-state index is 0.461. The molecule has 0 atom stereocenters. The number of benzene rings is 1. The predicted octanol–water partition coefficient (Wildman–Crippen LogP) is 3.02. The highest BCUT2D eigenvalue weighted by Crippen LogP contribution is 2.27. The van der Waals surface area contributed by atoms with Crippen LogP contribution in [-0.4, -0.2) is 4.98 Å². The van der Waals surface area contributed by atoms with Gasteiger partial charge >= 0.3 is 0 Å². The summed E-state index contributed by atoms with van der Waals surface area (Å²) in [7, 11) is 0. The Kier molecular flexibility index (Phi) is 3.05. The zero-order chi connectivity index (χ0) is 11.4. The maximum Gasteiger partial charge on any atom is 0.242 e. The van der Waals surface area contributed by atoms with Crippen LogP contribution in [0.2, 0.25) is 0 Å². The molecule has 3 heteroatoms. The fourth-order valence-corrected chi connectivity index (χ4v) is 1.49. The van der Waals surface area contributed by atoms with Crippen LogP contribution >= 0.6 is 0 Å². The number of hydrogen-bond acceptors (Lipinski definition) is 3. The van der Waals surface area contributed by atoms with Gasteiger partial charge in [-0.2, -0.15) is 0 Å². The number of aryl methyl sites for hydroxylation is 1. The maximum absolute atomic E-state index is 5.77. The van der Waals surface area contributed by atoms with E-state index in [0.717, 1.165) is 17.7 Å². The normalized spacial score (nSPS) is 10.1. The first kappa shape index (κ1) is 10.5. The van der Waals surface area contributed by atoms with E-state index in [4.69, 9.17) is 10.5 Å². The SMILES string of the molecule is CCc1ccccc1Oc1ncccc1N. The van der Waals surface area contributed by atoms with Crippen molar-refractivity contribution in [3.63, 3.8) is 0 Å². The molecule has 0 aliphatic carbocycles. The van der Waals surface area contributed by atoms with Gasteiger partial charge in [0.1, 0.15) is 5.75 Å². The van der Waals surface area contributed by atoms with Crippen molar-refractivity contribution in [3.8, 4) is 11.6 Å². The van der Waals surface area contributed by atoms with Crippen LogP contribution in [0.5, 0.6) is 11.6 Å². The molecule has 1 heterocycles. The molecule has 0 spiro atoms. The number of nitrogens with two attached hydrogens (primary N) is 1. The van der Waals surface area contributed by atoms with E-state index in [1.807, 2.05) is 24.3 Å². The van der Waals surface area contributed by atoms with E-state index >= 15 is 0 Å². The number of ether oxygens (including phenoxy) is 1. The lowest BCUT2D eigenvalue weighted by molar-refractivity contribution is 0.460. The summed E-state index contributed by atoms with van der Waals surface area (Å²) >= 11 is 0. The van der Waals surface area contributed by atoms with E-state index in [2.05, 4.69) is 11.9 Å². The topological polar surface area (TPSA) is 48.1 Å². The number of nitrogen functional groups attached to an aromatic ring is 1. The number of nitrogens with zero attached hydrogens (tertiary/aromatic N) is 1. The lowest BCUT2D eigenvalue weighted by Crippen LogP contribution is -1.96. The summed E-state index contributed by atoms with van der Waals surface area (Å²) in [5, 5.41) is 0. The van der Waals surface area contributed by atoms with Crippen molar-refractivity contribution in [1.82, 2.24) is 4.98 Å². The van der Waals surface area contributed by atoms with E-state index < -0.39 is 0 Å². The Hall–Kier alpha value is -2.03. The Labute approximate surface area is 94.9 Å².